The minimum atomic E-state index is -0.921. The standard InChI is InChI=1S/C14H21NO3/c1-10-3-2-4-11(6-5-10)15-9-13-12(14(16)17)7-8-18-13/h7-8,10-11,15H,2-6,9H2,1H3,(H,16,17). The van der Waals surface area contributed by atoms with Gasteiger partial charge in [0.25, 0.3) is 0 Å². The molecule has 2 N–H and O–H groups in total. The van der Waals surface area contributed by atoms with Crippen molar-refractivity contribution < 1.29 is 14.3 Å². The maximum absolute atomic E-state index is 10.9. The molecule has 0 radical (unpaired) electrons. The normalized spacial score (nSPS) is 24.7. The summed E-state index contributed by atoms with van der Waals surface area (Å²) in [5.74, 6) is 0.421. The molecular formula is C14H21NO3. The summed E-state index contributed by atoms with van der Waals surface area (Å²) in [6, 6.07) is 2.00. The third-order valence-electron chi connectivity index (χ3n) is 3.78. The Bertz CT molecular complexity index is 399. The van der Waals surface area contributed by atoms with Gasteiger partial charge in [-0.1, -0.05) is 19.8 Å². The number of furan rings is 1. The van der Waals surface area contributed by atoms with E-state index < -0.39 is 5.97 Å². The van der Waals surface area contributed by atoms with E-state index in [0.29, 0.717) is 18.3 Å². The number of nitrogens with one attached hydrogen (secondary N) is 1. The Balaban J connectivity index is 1.87. The first-order valence-corrected chi connectivity index (χ1v) is 6.70. The Hall–Kier alpha value is -1.29. The molecule has 100 valence electrons. The molecule has 0 spiro atoms. The molecule has 1 saturated carbocycles. The fourth-order valence-corrected chi connectivity index (χ4v) is 2.60. The van der Waals surface area contributed by atoms with Crippen LogP contribution in [0.3, 0.4) is 0 Å². The average molecular weight is 251 g/mol. The lowest BCUT2D eigenvalue weighted by molar-refractivity contribution is 0.0694. The number of hydrogen-bond acceptors (Lipinski definition) is 3. The summed E-state index contributed by atoms with van der Waals surface area (Å²) >= 11 is 0. The third-order valence-corrected chi connectivity index (χ3v) is 3.78. The second kappa shape index (κ2) is 6.05. The van der Waals surface area contributed by atoms with E-state index >= 15 is 0 Å². The van der Waals surface area contributed by atoms with Crippen LogP contribution < -0.4 is 5.32 Å². The van der Waals surface area contributed by atoms with Gasteiger partial charge in [-0.2, -0.15) is 0 Å². The fourth-order valence-electron chi connectivity index (χ4n) is 2.60. The van der Waals surface area contributed by atoms with Gasteiger partial charge < -0.3 is 14.8 Å². The predicted molar refractivity (Wildman–Crippen MR) is 68.5 cm³/mol. The molecule has 4 nitrogen and oxygen atoms in total. The molecule has 0 aliphatic heterocycles. The number of rotatable bonds is 4. The molecule has 2 unspecified atom stereocenters. The van der Waals surface area contributed by atoms with Crippen LogP contribution in [0.25, 0.3) is 0 Å². The van der Waals surface area contributed by atoms with E-state index in [2.05, 4.69) is 12.2 Å². The van der Waals surface area contributed by atoms with Crippen molar-refractivity contribution in [1.82, 2.24) is 5.32 Å². The van der Waals surface area contributed by atoms with Crippen molar-refractivity contribution in [3.63, 3.8) is 0 Å². The molecule has 0 amide bonds. The van der Waals surface area contributed by atoms with Crippen molar-refractivity contribution in [2.45, 2.75) is 51.6 Å². The monoisotopic (exact) mass is 251 g/mol. The van der Waals surface area contributed by atoms with Crippen LogP contribution in [-0.4, -0.2) is 17.1 Å². The van der Waals surface area contributed by atoms with Gasteiger partial charge in [0.05, 0.1) is 12.8 Å². The Labute approximate surface area is 107 Å². The van der Waals surface area contributed by atoms with E-state index in [9.17, 15) is 4.79 Å². The van der Waals surface area contributed by atoms with Gasteiger partial charge in [-0.3, -0.25) is 0 Å². The molecule has 1 fully saturated rings. The third kappa shape index (κ3) is 3.35. The van der Waals surface area contributed by atoms with Crippen LogP contribution in [0.5, 0.6) is 0 Å². The molecule has 1 aliphatic rings. The van der Waals surface area contributed by atoms with E-state index in [-0.39, 0.29) is 5.56 Å². The first-order chi connectivity index (χ1) is 8.66. The minimum Gasteiger partial charge on any atom is -0.478 e. The average Bonchev–Trinajstić information content (AvgIpc) is 2.71. The van der Waals surface area contributed by atoms with Gasteiger partial charge >= 0.3 is 5.97 Å². The van der Waals surface area contributed by atoms with E-state index in [4.69, 9.17) is 9.52 Å². The zero-order valence-electron chi connectivity index (χ0n) is 10.8. The van der Waals surface area contributed by atoms with Gasteiger partial charge in [0.2, 0.25) is 0 Å². The van der Waals surface area contributed by atoms with E-state index in [1.165, 1.54) is 44.4 Å². The van der Waals surface area contributed by atoms with Crippen LogP contribution >= 0.6 is 0 Å². The van der Waals surface area contributed by atoms with Gasteiger partial charge in [-0.15, -0.1) is 0 Å². The van der Waals surface area contributed by atoms with Crippen LogP contribution in [0.15, 0.2) is 16.7 Å². The Morgan fingerprint density at radius 2 is 2.28 bits per heavy atom. The molecule has 1 aliphatic carbocycles. The Morgan fingerprint density at radius 1 is 1.44 bits per heavy atom. The van der Waals surface area contributed by atoms with Crippen LogP contribution in [0, 0.1) is 5.92 Å². The van der Waals surface area contributed by atoms with Crippen molar-refractivity contribution in [3.05, 3.63) is 23.7 Å². The summed E-state index contributed by atoms with van der Waals surface area (Å²) in [5, 5.41) is 12.4. The highest BCUT2D eigenvalue weighted by molar-refractivity contribution is 5.88. The maximum Gasteiger partial charge on any atom is 0.339 e. The highest BCUT2D eigenvalue weighted by Gasteiger charge is 2.18. The van der Waals surface area contributed by atoms with Gasteiger partial charge in [0.1, 0.15) is 11.3 Å². The number of hydrogen-bond donors (Lipinski definition) is 2. The summed E-state index contributed by atoms with van der Waals surface area (Å²) in [4.78, 5) is 10.9. The van der Waals surface area contributed by atoms with E-state index in [1.54, 1.807) is 0 Å². The van der Waals surface area contributed by atoms with Crippen LogP contribution in [0.2, 0.25) is 0 Å². The quantitative estimate of drug-likeness (QED) is 0.807. The largest absolute Gasteiger partial charge is 0.478 e. The molecule has 1 heterocycles. The van der Waals surface area contributed by atoms with Gasteiger partial charge in [-0.05, 0) is 31.2 Å². The summed E-state index contributed by atoms with van der Waals surface area (Å²) in [5.41, 5.74) is 0.268. The highest BCUT2D eigenvalue weighted by Crippen LogP contribution is 2.23. The zero-order chi connectivity index (χ0) is 13.0. The molecule has 4 heteroatoms. The molecule has 1 aromatic rings. The number of carboxylic acid groups (broad SMARTS) is 1. The fraction of sp³-hybridized carbons (Fsp3) is 0.643. The lowest BCUT2D eigenvalue weighted by Crippen LogP contribution is -2.28. The van der Waals surface area contributed by atoms with Crippen molar-refractivity contribution >= 4 is 5.97 Å². The molecule has 2 atom stereocenters. The minimum absolute atomic E-state index is 0.268. The SMILES string of the molecule is CC1CCCC(NCc2occc2C(=O)O)CC1. The van der Waals surface area contributed by atoms with Gasteiger partial charge in [0, 0.05) is 6.04 Å². The van der Waals surface area contributed by atoms with Crippen LogP contribution in [0.1, 0.15) is 55.1 Å². The summed E-state index contributed by atoms with van der Waals surface area (Å²) in [7, 11) is 0. The van der Waals surface area contributed by atoms with Gasteiger partial charge in [0.15, 0.2) is 0 Å². The second-order valence-electron chi connectivity index (χ2n) is 5.25. The number of carboxylic acids is 1. The second-order valence-corrected chi connectivity index (χ2v) is 5.25. The Morgan fingerprint density at radius 3 is 3.06 bits per heavy atom. The van der Waals surface area contributed by atoms with Crippen LogP contribution in [0.4, 0.5) is 0 Å². The molecule has 1 aromatic heterocycles. The number of carbonyl (C=O) groups is 1. The molecule has 0 aromatic carbocycles. The van der Waals surface area contributed by atoms with Crippen molar-refractivity contribution in [2.75, 3.05) is 0 Å². The van der Waals surface area contributed by atoms with Crippen molar-refractivity contribution in [3.8, 4) is 0 Å². The first kappa shape index (κ1) is 13.1. The predicted octanol–water partition coefficient (Wildman–Crippen LogP) is 3.04. The molecule has 18 heavy (non-hydrogen) atoms. The topological polar surface area (TPSA) is 62.5 Å². The highest BCUT2D eigenvalue weighted by atomic mass is 16.4. The molecular weight excluding hydrogens is 230 g/mol. The first-order valence-electron chi connectivity index (χ1n) is 6.70. The summed E-state index contributed by atoms with van der Waals surface area (Å²) in [6.45, 7) is 2.81. The molecule has 0 saturated heterocycles. The van der Waals surface area contributed by atoms with Crippen LogP contribution in [-0.2, 0) is 6.54 Å². The molecule has 0 bridgehead atoms. The smallest absolute Gasteiger partial charge is 0.339 e. The maximum atomic E-state index is 10.9. The van der Waals surface area contributed by atoms with Gasteiger partial charge in [-0.25, -0.2) is 4.79 Å². The van der Waals surface area contributed by atoms with E-state index in [0.717, 1.165) is 5.92 Å². The summed E-state index contributed by atoms with van der Waals surface area (Å²) in [6.07, 6.45) is 7.59. The number of aromatic carboxylic acids is 1. The molecule has 2 rings (SSSR count). The van der Waals surface area contributed by atoms with Crippen molar-refractivity contribution in [1.29, 1.82) is 0 Å². The summed E-state index contributed by atoms with van der Waals surface area (Å²) < 4.78 is 5.23. The van der Waals surface area contributed by atoms with E-state index in [1.807, 2.05) is 0 Å². The lowest BCUT2D eigenvalue weighted by atomic mass is 10.0. The Kier molecular flexibility index (Phi) is 4.42. The lowest BCUT2D eigenvalue weighted by Gasteiger charge is -2.15. The van der Waals surface area contributed by atoms with Crippen molar-refractivity contribution in [2.24, 2.45) is 5.92 Å². The zero-order valence-corrected chi connectivity index (χ0v) is 10.8.